The summed E-state index contributed by atoms with van der Waals surface area (Å²) < 4.78 is 0. The Morgan fingerprint density at radius 1 is 0.871 bits per heavy atom. The fourth-order valence-corrected chi connectivity index (χ4v) is 3.63. The van der Waals surface area contributed by atoms with Gasteiger partial charge in [0.1, 0.15) is 11.4 Å². The molecule has 2 N–H and O–H groups in total. The molecule has 0 saturated heterocycles. The summed E-state index contributed by atoms with van der Waals surface area (Å²) in [5.41, 5.74) is 4.45. The number of aliphatic hydroxyl groups excluding tert-OH is 1. The lowest BCUT2D eigenvalue weighted by atomic mass is 10.1. The van der Waals surface area contributed by atoms with Gasteiger partial charge in [0.05, 0.1) is 22.7 Å². The number of rotatable bonds is 8. The first kappa shape index (κ1) is 21.5. The summed E-state index contributed by atoms with van der Waals surface area (Å²) in [5.74, 6) is 0. The maximum absolute atomic E-state index is 10.4. The molecular formula is C24H22Cl2N4O. The van der Waals surface area contributed by atoms with Gasteiger partial charge in [-0.15, -0.1) is 0 Å². The summed E-state index contributed by atoms with van der Waals surface area (Å²) >= 11 is 12.2. The second-order valence-corrected chi connectivity index (χ2v) is 8.01. The van der Waals surface area contributed by atoms with Crippen molar-refractivity contribution in [3.05, 3.63) is 106 Å². The van der Waals surface area contributed by atoms with Crippen molar-refractivity contribution < 1.29 is 5.11 Å². The topological polar surface area (TPSA) is 63.0 Å². The smallest absolute Gasteiger partial charge is 0.117 e. The normalized spacial score (nSPS) is 12.1. The summed E-state index contributed by atoms with van der Waals surface area (Å²) in [7, 11) is 0. The summed E-state index contributed by atoms with van der Waals surface area (Å²) in [6.45, 7) is 1.37. The molecule has 31 heavy (non-hydrogen) atoms. The summed E-state index contributed by atoms with van der Waals surface area (Å²) in [5, 5.41) is 24.1. The van der Waals surface area contributed by atoms with E-state index in [1.54, 1.807) is 10.9 Å². The van der Waals surface area contributed by atoms with Gasteiger partial charge in [0.15, 0.2) is 0 Å². The van der Waals surface area contributed by atoms with Crippen LogP contribution in [0, 0.1) is 0 Å². The van der Waals surface area contributed by atoms with Gasteiger partial charge in [0.2, 0.25) is 0 Å². The van der Waals surface area contributed by atoms with Gasteiger partial charge in [0.25, 0.3) is 0 Å². The minimum atomic E-state index is -0.590. The third kappa shape index (κ3) is 5.51. The number of hydrogen-bond acceptors (Lipinski definition) is 4. The Kier molecular flexibility index (Phi) is 6.99. The van der Waals surface area contributed by atoms with Crippen LogP contribution >= 0.6 is 23.2 Å². The van der Waals surface area contributed by atoms with E-state index in [1.165, 1.54) is 0 Å². The number of halogens is 2. The van der Waals surface area contributed by atoms with E-state index >= 15 is 0 Å². The molecule has 0 spiro atoms. The number of benzene rings is 3. The quantitative estimate of drug-likeness (QED) is 0.389. The maximum atomic E-state index is 10.4. The van der Waals surface area contributed by atoms with Crippen molar-refractivity contribution in [1.82, 2.24) is 20.3 Å². The highest BCUT2D eigenvalue weighted by Crippen LogP contribution is 2.24. The Bertz CT molecular complexity index is 1130. The summed E-state index contributed by atoms with van der Waals surface area (Å²) in [4.78, 5) is 1.66. The molecule has 3 aromatic carbocycles. The predicted octanol–water partition coefficient (Wildman–Crippen LogP) is 5.12. The maximum Gasteiger partial charge on any atom is 0.117 e. The molecule has 0 unspecified atom stereocenters. The number of hydrogen-bond donors (Lipinski definition) is 2. The van der Waals surface area contributed by atoms with Crippen LogP contribution in [0.5, 0.6) is 0 Å². The van der Waals surface area contributed by atoms with Gasteiger partial charge in [-0.3, -0.25) is 0 Å². The fraction of sp³-hybridized carbons (Fsp3) is 0.167. The van der Waals surface area contributed by atoms with Gasteiger partial charge in [-0.2, -0.15) is 15.0 Å². The van der Waals surface area contributed by atoms with Crippen molar-refractivity contribution in [3.63, 3.8) is 0 Å². The molecule has 0 aliphatic rings. The Morgan fingerprint density at radius 2 is 1.58 bits per heavy atom. The van der Waals surface area contributed by atoms with Crippen LogP contribution in [0.2, 0.25) is 10.0 Å². The molecule has 4 aromatic rings. The van der Waals surface area contributed by atoms with Crippen LogP contribution in [0.4, 0.5) is 0 Å². The zero-order chi connectivity index (χ0) is 21.6. The van der Waals surface area contributed by atoms with Crippen LogP contribution in [0.1, 0.15) is 22.9 Å². The van der Waals surface area contributed by atoms with Crippen LogP contribution in [0.15, 0.2) is 78.9 Å². The fourth-order valence-electron chi connectivity index (χ4n) is 3.31. The Morgan fingerprint density at radius 3 is 2.29 bits per heavy atom. The predicted molar refractivity (Wildman–Crippen MR) is 124 cm³/mol. The first-order chi connectivity index (χ1) is 15.1. The number of aromatic nitrogens is 3. The molecule has 0 radical (unpaired) electrons. The lowest BCUT2D eigenvalue weighted by Crippen LogP contribution is -2.21. The van der Waals surface area contributed by atoms with Gasteiger partial charge in [-0.05, 0) is 23.3 Å². The highest BCUT2D eigenvalue weighted by molar-refractivity contribution is 6.42. The average molecular weight is 453 g/mol. The molecule has 1 atom stereocenters. The van der Waals surface area contributed by atoms with E-state index in [2.05, 4.69) is 10.4 Å². The molecule has 0 saturated carbocycles. The molecule has 0 bridgehead atoms. The zero-order valence-corrected chi connectivity index (χ0v) is 18.3. The van der Waals surface area contributed by atoms with E-state index < -0.39 is 6.10 Å². The van der Waals surface area contributed by atoms with Crippen molar-refractivity contribution in [2.45, 2.75) is 19.2 Å². The standard InChI is InChI=1S/C24H22Cl2N4O/c25-20-12-11-17(13-21(20)26)16-30-28-22(24(29-30)19-9-5-2-6-10-19)14-27-15-23(31)18-7-3-1-4-8-18/h1-13,23,27,31H,14-16H2/t23-/m1/s1. The van der Waals surface area contributed by atoms with Gasteiger partial charge < -0.3 is 10.4 Å². The molecule has 0 fully saturated rings. The molecule has 1 heterocycles. The molecule has 0 aliphatic carbocycles. The van der Waals surface area contributed by atoms with Crippen molar-refractivity contribution in [3.8, 4) is 11.3 Å². The third-order valence-corrected chi connectivity index (χ3v) is 5.63. The van der Waals surface area contributed by atoms with Gasteiger partial charge in [0, 0.05) is 18.7 Å². The second kappa shape index (κ2) is 10.1. The van der Waals surface area contributed by atoms with Crippen LogP contribution in [0.3, 0.4) is 0 Å². The number of nitrogens with one attached hydrogen (secondary N) is 1. The molecule has 0 aliphatic heterocycles. The zero-order valence-electron chi connectivity index (χ0n) is 16.7. The molecule has 0 amide bonds. The SMILES string of the molecule is O[C@H](CNCc1nn(Cc2ccc(Cl)c(Cl)c2)nc1-c1ccccc1)c1ccccc1. The first-order valence-electron chi connectivity index (χ1n) is 9.97. The van der Waals surface area contributed by atoms with Crippen molar-refractivity contribution in [2.24, 2.45) is 0 Å². The minimum absolute atomic E-state index is 0.415. The van der Waals surface area contributed by atoms with Crippen LogP contribution in [0.25, 0.3) is 11.3 Å². The van der Waals surface area contributed by atoms with E-state index in [-0.39, 0.29) is 0 Å². The number of aliphatic hydroxyl groups is 1. The van der Waals surface area contributed by atoms with Gasteiger partial charge in [-0.25, -0.2) is 0 Å². The van der Waals surface area contributed by atoms with Crippen LogP contribution < -0.4 is 5.32 Å². The van der Waals surface area contributed by atoms with Crippen LogP contribution in [-0.4, -0.2) is 26.6 Å². The van der Waals surface area contributed by atoms with Crippen molar-refractivity contribution in [1.29, 1.82) is 0 Å². The van der Waals surface area contributed by atoms with Crippen molar-refractivity contribution in [2.75, 3.05) is 6.54 Å². The highest BCUT2D eigenvalue weighted by atomic mass is 35.5. The van der Waals surface area contributed by atoms with E-state index in [1.807, 2.05) is 72.8 Å². The van der Waals surface area contributed by atoms with E-state index in [9.17, 15) is 5.11 Å². The monoisotopic (exact) mass is 452 g/mol. The lowest BCUT2D eigenvalue weighted by Gasteiger charge is -2.11. The van der Waals surface area contributed by atoms with Gasteiger partial charge in [-0.1, -0.05) is 89.9 Å². The molecule has 158 valence electrons. The average Bonchev–Trinajstić information content (AvgIpc) is 3.20. The molecule has 1 aromatic heterocycles. The Balaban J connectivity index is 1.51. The molecular weight excluding hydrogens is 431 g/mol. The second-order valence-electron chi connectivity index (χ2n) is 7.20. The first-order valence-corrected chi connectivity index (χ1v) is 10.7. The molecule has 5 nitrogen and oxygen atoms in total. The summed E-state index contributed by atoms with van der Waals surface area (Å²) in [6.07, 6.45) is -0.590. The van der Waals surface area contributed by atoms with E-state index in [0.29, 0.717) is 29.7 Å². The van der Waals surface area contributed by atoms with Gasteiger partial charge >= 0.3 is 0 Å². The largest absolute Gasteiger partial charge is 0.387 e. The Labute approximate surface area is 191 Å². The third-order valence-electron chi connectivity index (χ3n) is 4.89. The number of nitrogens with zero attached hydrogens (tertiary/aromatic N) is 3. The Hall–Kier alpha value is -2.70. The van der Waals surface area contributed by atoms with Crippen LogP contribution in [-0.2, 0) is 13.1 Å². The lowest BCUT2D eigenvalue weighted by molar-refractivity contribution is 0.174. The molecule has 7 heteroatoms. The molecule has 4 rings (SSSR count). The highest BCUT2D eigenvalue weighted by Gasteiger charge is 2.15. The van der Waals surface area contributed by atoms with E-state index in [4.69, 9.17) is 28.3 Å². The minimum Gasteiger partial charge on any atom is -0.387 e. The van der Waals surface area contributed by atoms with E-state index in [0.717, 1.165) is 28.1 Å². The van der Waals surface area contributed by atoms with Crippen molar-refractivity contribution >= 4 is 23.2 Å². The summed E-state index contributed by atoms with van der Waals surface area (Å²) in [6, 6.07) is 25.0.